The molecule has 2 aromatic carbocycles. The van der Waals surface area contributed by atoms with Gasteiger partial charge in [-0.2, -0.15) is 5.10 Å². The molecule has 0 saturated carbocycles. The zero-order valence-electron chi connectivity index (χ0n) is 17.8. The lowest BCUT2D eigenvalue weighted by Crippen LogP contribution is -2.12. The Labute approximate surface area is 200 Å². The van der Waals surface area contributed by atoms with Gasteiger partial charge in [-0.15, -0.1) is 0 Å². The summed E-state index contributed by atoms with van der Waals surface area (Å²) in [5, 5.41) is 8.00. The number of anilines is 1. The van der Waals surface area contributed by atoms with Crippen molar-refractivity contribution in [3.63, 3.8) is 0 Å². The maximum atomic E-state index is 12.6. The number of hydrogen-bond acceptors (Lipinski definition) is 5. The molecule has 0 radical (unpaired) electrons. The van der Waals surface area contributed by atoms with Gasteiger partial charge in [0.25, 0.3) is 5.91 Å². The van der Waals surface area contributed by atoms with E-state index in [1.807, 2.05) is 43.3 Å². The Morgan fingerprint density at radius 2 is 1.70 bits per heavy atom. The summed E-state index contributed by atoms with van der Waals surface area (Å²) in [6.45, 7) is 3.19. The molecule has 0 fully saturated rings. The van der Waals surface area contributed by atoms with Crippen molar-refractivity contribution < 1.29 is 18.7 Å². The molecule has 33 heavy (non-hydrogen) atoms. The SMILES string of the molecule is CCOc1ccc(OCc2ccc(C(=O)Nc3nn(Cc4ccc(Cl)cc4)cc3Cl)o2)cc1. The molecule has 9 heteroatoms. The second-order valence-corrected chi connectivity index (χ2v) is 7.91. The Bertz CT molecular complexity index is 1220. The van der Waals surface area contributed by atoms with Crippen molar-refractivity contribution in [1.29, 1.82) is 0 Å². The van der Waals surface area contributed by atoms with Crippen LogP contribution in [0.1, 0.15) is 28.8 Å². The summed E-state index contributed by atoms with van der Waals surface area (Å²) in [7, 11) is 0. The number of nitrogens with zero attached hydrogens (tertiary/aromatic N) is 2. The van der Waals surface area contributed by atoms with Crippen LogP contribution in [0.15, 0.2) is 71.3 Å². The van der Waals surface area contributed by atoms with E-state index in [0.717, 1.165) is 11.3 Å². The van der Waals surface area contributed by atoms with Gasteiger partial charge >= 0.3 is 0 Å². The van der Waals surface area contributed by atoms with Crippen molar-refractivity contribution in [3.8, 4) is 11.5 Å². The maximum Gasteiger partial charge on any atom is 0.292 e. The van der Waals surface area contributed by atoms with Gasteiger partial charge in [0.05, 0.1) is 13.2 Å². The van der Waals surface area contributed by atoms with E-state index in [0.29, 0.717) is 34.7 Å². The molecule has 2 aromatic heterocycles. The smallest absolute Gasteiger partial charge is 0.292 e. The minimum atomic E-state index is -0.457. The topological polar surface area (TPSA) is 78.5 Å². The minimum absolute atomic E-state index is 0.128. The van der Waals surface area contributed by atoms with Crippen LogP contribution in [0.25, 0.3) is 0 Å². The van der Waals surface area contributed by atoms with Crippen LogP contribution in [0.5, 0.6) is 11.5 Å². The van der Waals surface area contributed by atoms with E-state index >= 15 is 0 Å². The van der Waals surface area contributed by atoms with Gasteiger partial charge in [0.1, 0.15) is 28.9 Å². The van der Waals surface area contributed by atoms with Crippen LogP contribution >= 0.6 is 23.2 Å². The number of benzene rings is 2. The molecule has 0 bridgehead atoms. The van der Waals surface area contributed by atoms with E-state index in [-0.39, 0.29) is 18.2 Å². The van der Waals surface area contributed by atoms with Crippen LogP contribution in [0.3, 0.4) is 0 Å². The van der Waals surface area contributed by atoms with Gasteiger partial charge in [0.15, 0.2) is 11.6 Å². The second kappa shape index (κ2) is 10.5. The summed E-state index contributed by atoms with van der Waals surface area (Å²) in [5.74, 6) is 1.87. The monoisotopic (exact) mass is 485 g/mol. The maximum absolute atomic E-state index is 12.6. The average Bonchev–Trinajstić information content (AvgIpc) is 3.42. The van der Waals surface area contributed by atoms with Gasteiger partial charge < -0.3 is 19.2 Å². The number of ether oxygens (including phenoxy) is 2. The molecule has 1 amide bonds. The number of nitrogens with one attached hydrogen (secondary N) is 1. The number of hydrogen-bond donors (Lipinski definition) is 1. The van der Waals surface area contributed by atoms with Crippen molar-refractivity contribution in [2.45, 2.75) is 20.1 Å². The Hall–Kier alpha value is -3.42. The van der Waals surface area contributed by atoms with E-state index in [2.05, 4.69) is 10.4 Å². The molecule has 4 rings (SSSR count). The number of carbonyl (C=O) groups excluding carboxylic acids is 1. The van der Waals surface area contributed by atoms with Crippen LogP contribution in [-0.2, 0) is 13.2 Å². The Kier molecular flexibility index (Phi) is 7.22. The number of aromatic nitrogens is 2. The van der Waals surface area contributed by atoms with Crippen molar-refractivity contribution >= 4 is 34.9 Å². The molecule has 1 N–H and O–H groups in total. The summed E-state index contributed by atoms with van der Waals surface area (Å²) < 4.78 is 18.3. The van der Waals surface area contributed by atoms with E-state index in [1.165, 1.54) is 0 Å². The number of halogens is 2. The third kappa shape index (κ3) is 6.09. The summed E-state index contributed by atoms with van der Waals surface area (Å²) in [6.07, 6.45) is 1.64. The first kappa shape index (κ1) is 22.8. The highest BCUT2D eigenvalue weighted by atomic mass is 35.5. The molecule has 0 atom stereocenters. The average molecular weight is 486 g/mol. The number of amides is 1. The molecule has 0 saturated heterocycles. The molecular formula is C24H21Cl2N3O4. The first-order valence-electron chi connectivity index (χ1n) is 10.2. The van der Waals surface area contributed by atoms with Gasteiger partial charge in [0.2, 0.25) is 0 Å². The Morgan fingerprint density at radius 3 is 2.39 bits per heavy atom. The number of furan rings is 1. The molecule has 0 unspecified atom stereocenters. The predicted octanol–water partition coefficient (Wildman–Crippen LogP) is 6.06. The highest BCUT2D eigenvalue weighted by Gasteiger charge is 2.16. The highest BCUT2D eigenvalue weighted by molar-refractivity contribution is 6.33. The lowest BCUT2D eigenvalue weighted by atomic mass is 10.2. The van der Waals surface area contributed by atoms with Crippen LogP contribution in [0, 0.1) is 0 Å². The van der Waals surface area contributed by atoms with Gasteiger partial charge in [-0.05, 0) is 61.0 Å². The quantitative estimate of drug-likeness (QED) is 0.311. The third-order valence-corrected chi connectivity index (χ3v) is 5.14. The molecule has 0 spiro atoms. The fourth-order valence-corrected chi connectivity index (χ4v) is 3.36. The lowest BCUT2D eigenvalue weighted by molar-refractivity contribution is 0.0992. The normalized spacial score (nSPS) is 10.8. The summed E-state index contributed by atoms with van der Waals surface area (Å²) in [4.78, 5) is 12.6. The van der Waals surface area contributed by atoms with E-state index in [4.69, 9.17) is 37.1 Å². The first-order valence-corrected chi connectivity index (χ1v) is 11.0. The van der Waals surface area contributed by atoms with Crippen LogP contribution < -0.4 is 14.8 Å². The summed E-state index contributed by atoms with van der Waals surface area (Å²) in [6, 6.07) is 17.9. The molecule has 0 aliphatic carbocycles. The molecular weight excluding hydrogens is 465 g/mol. The van der Waals surface area contributed by atoms with Gasteiger partial charge in [0, 0.05) is 11.2 Å². The van der Waals surface area contributed by atoms with Gasteiger partial charge in [-0.25, -0.2) is 0 Å². The lowest BCUT2D eigenvalue weighted by Gasteiger charge is -2.06. The fourth-order valence-electron chi connectivity index (χ4n) is 3.04. The predicted molar refractivity (Wildman–Crippen MR) is 126 cm³/mol. The van der Waals surface area contributed by atoms with Crippen molar-refractivity contribution in [3.05, 3.63) is 94.0 Å². The summed E-state index contributed by atoms with van der Waals surface area (Å²) in [5.41, 5.74) is 1.000. The van der Waals surface area contributed by atoms with E-state index < -0.39 is 5.91 Å². The molecule has 0 aliphatic heterocycles. The van der Waals surface area contributed by atoms with E-state index in [1.54, 1.807) is 35.1 Å². The first-order chi connectivity index (χ1) is 16.0. The fraction of sp³-hybridized carbons (Fsp3) is 0.167. The highest BCUT2D eigenvalue weighted by Crippen LogP contribution is 2.22. The molecule has 0 aliphatic rings. The number of rotatable bonds is 9. The number of carbonyl (C=O) groups is 1. The van der Waals surface area contributed by atoms with Crippen LogP contribution in [0.4, 0.5) is 5.82 Å². The summed E-state index contributed by atoms with van der Waals surface area (Å²) >= 11 is 12.2. The standard InChI is InChI=1S/C24H21Cl2N3O4/c1-2-31-18-7-9-19(10-8-18)32-15-20-11-12-22(33-20)24(30)27-23-21(26)14-29(28-23)13-16-3-5-17(25)6-4-16/h3-12,14H,2,13,15H2,1H3,(H,27,28,30). The Morgan fingerprint density at radius 1 is 1.00 bits per heavy atom. The van der Waals surface area contributed by atoms with Crippen LogP contribution in [0.2, 0.25) is 10.0 Å². The van der Waals surface area contributed by atoms with Crippen molar-refractivity contribution in [1.82, 2.24) is 9.78 Å². The zero-order valence-corrected chi connectivity index (χ0v) is 19.3. The molecule has 4 aromatic rings. The van der Waals surface area contributed by atoms with Gasteiger partial charge in [-0.1, -0.05) is 35.3 Å². The van der Waals surface area contributed by atoms with Gasteiger partial charge in [-0.3, -0.25) is 9.48 Å². The van der Waals surface area contributed by atoms with E-state index in [9.17, 15) is 4.79 Å². The van der Waals surface area contributed by atoms with Crippen molar-refractivity contribution in [2.75, 3.05) is 11.9 Å². The second-order valence-electron chi connectivity index (χ2n) is 7.06. The van der Waals surface area contributed by atoms with Crippen molar-refractivity contribution in [2.24, 2.45) is 0 Å². The molecule has 2 heterocycles. The minimum Gasteiger partial charge on any atom is -0.494 e. The van der Waals surface area contributed by atoms with Crippen LogP contribution in [-0.4, -0.2) is 22.3 Å². The molecule has 170 valence electrons. The largest absolute Gasteiger partial charge is 0.494 e. The zero-order chi connectivity index (χ0) is 23.2. The third-order valence-electron chi connectivity index (χ3n) is 4.61. The Balaban J connectivity index is 1.33. The molecule has 7 nitrogen and oxygen atoms in total.